The van der Waals surface area contributed by atoms with Crippen LogP contribution < -0.4 is 5.32 Å². The molecule has 4 nitrogen and oxygen atoms in total. The Labute approximate surface area is 113 Å². The van der Waals surface area contributed by atoms with E-state index in [1.54, 1.807) is 0 Å². The van der Waals surface area contributed by atoms with Crippen molar-refractivity contribution in [1.29, 1.82) is 0 Å². The van der Waals surface area contributed by atoms with Crippen LogP contribution in [0.5, 0.6) is 0 Å². The fourth-order valence-electron chi connectivity index (χ4n) is 2.20. The summed E-state index contributed by atoms with van der Waals surface area (Å²) in [6.45, 7) is 5.70. The summed E-state index contributed by atoms with van der Waals surface area (Å²) >= 11 is 0. The van der Waals surface area contributed by atoms with Gasteiger partial charge in [0.2, 0.25) is 0 Å². The molecule has 0 spiro atoms. The van der Waals surface area contributed by atoms with Crippen LogP contribution in [0.1, 0.15) is 34.2 Å². The Morgan fingerprint density at radius 1 is 1.32 bits per heavy atom. The zero-order chi connectivity index (χ0) is 13.8. The molecule has 2 rings (SSSR count). The van der Waals surface area contributed by atoms with Crippen molar-refractivity contribution in [3.63, 3.8) is 0 Å². The maximum Gasteiger partial charge on any atom is 0.255 e. The van der Waals surface area contributed by atoms with Crippen molar-refractivity contribution in [2.24, 2.45) is 0 Å². The average Bonchev–Trinajstić information content (AvgIpc) is 2.70. The van der Waals surface area contributed by atoms with Crippen LogP contribution in [0.4, 0.5) is 0 Å². The fourth-order valence-corrected chi connectivity index (χ4v) is 2.20. The molecule has 4 heteroatoms. The standard InChI is InChI=1S/C15H19N3O/c1-10(9-13-7-5-4-6-8-13)16-15(19)14-11(2)17-18-12(14)3/h4-8,10H,9H2,1-3H3,(H,16,19)(H,17,18). The van der Waals surface area contributed by atoms with Crippen LogP contribution in [0.3, 0.4) is 0 Å². The number of hydrogen-bond donors (Lipinski definition) is 2. The summed E-state index contributed by atoms with van der Waals surface area (Å²) in [4.78, 5) is 12.2. The smallest absolute Gasteiger partial charge is 0.255 e. The molecule has 2 N–H and O–H groups in total. The number of aromatic nitrogens is 2. The van der Waals surface area contributed by atoms with Gasteiger partial charge in [-0.1, -0.05) is 30.3 Å². The maximum atomic E-state index is 12.2. The molecule has 0 fully saturated rings. The van der Waals surface area contributed by atoms with E-state index in [9.17, 15) is 4.79 Å². The Bertz CT molecular complexity index is 541. The van der Waals surface area contributed by atoms with Gasteiger partial charge >= 0.3 is 0 Å². The minimum atomic E-state index is -0.0628. The summed E-state index contributed by atoms with van der Waals surface area (Å²) in [5, 5.41) is 9.89. The third kappa shape index (κ3) is 3.22. The monoisotopic (exact) mass is 257 g/mol. The summed E-state index contributed by atoms with van der Waals surface area (Å²) in [6, 6.07) is 10.2. The first-order valence-electron chi connectivity index (χ1n) is 6.44. The molecule has 1 amide bonds. The molecule has 0 saturated carbocycles. The number of benzene rings is 1. The number of nitrogens with zero attached hydrogens (tertiary/aromatic N) is 1. The first kappa shape index (κ1) is 13.3. The molecule has 2 aromatic rings. The van der Waals surface area contributed by atoms with Gasteiger partial charge in [-0.3, -0.25) is 9.89 Å². The predicted octanol–water partition coefficient (Wildman–Crippen LogP) is 2.39. The highest BCUT2D eigenvalue weighted by atomic mass is 16.1. The quantitative estimate of drug-likeness (QED) is 0.883. The van der Waals surface area contributed by atoms with Gasteiger partial charge < -0.3 is 5.32 Å². The Balaban J connectivity index is 2.00. The van der Waals surface area contributed by atoms with Gasteiger partial charge in [-0.05, 0) is 32.8 Å². The predicted molar refractivity (Wildman–Crippen MR) is 75.1 cm³/mol. The third-order valence-electron chi connectivity index (χ3n) is 3.12. The van der Waals surface area contributed by atoms with E-state index in [1.807, 2.05) is 39.0 Å². The lowest BCUT2D eigenvalue weighted by molar-refractivity contribution is 0.0939. The van der Waals surface area contributed by atoms with Crippen molar-refractivity contribution in [2.45, 2.75) is 33.2 Å². The molecule has 0 saturated heterocycles. The lowest BCUT2D eigenvalue weighted by Crippen LogP contribution is -2.34. The van der Waals surface area contributed by atoms with Crippen LogP contribution in [0.15, 0.2) is 30.3 Å². The molecule has 1 aromatic heterocycles. The highest BCUT2D eigenvalue weighted by Crippen LogP contribution is 2.10. The maximum absolute atomic E-state index is 12.2. The molecule has 0 aliphatic rings. The average molecular weight is 257 g/mol. The Kier molecular flexibility index (Phi) is 4.00. The minimum absolute atomic E-state index is 0.0628. The molecule has 0 aliphatic carbocycles. The number of hydrogen-bond acceptors (Lipinski definition) is 2. The zero-order valence-electron chi connectivity index (χ0n) is 11.5. The van der Waals surface area contributed by atoms with E-state index in [0.29, 0.717) is 5.56 Å². The Hall–Kier alpha value is -2.10. The van der Waals surface area contributed by atoms with Crippen LogP contribution >= 0.6 is 0 Å². The van der Waals surface area contributed by atoms with Crippen LogP contribution in [-0.4, -0.2) is 22.1 Å². The van der Waals surface area contributed by atoms with Gasteiger partial charge in [-0.15, -0.1) is 0 Å². The summed E-state index contributed by atoms with van der Waals surface area (Å²) in [5.41, 5.74) is 3.42. The van der Waals surface area contributed by atoms with Crippen LogP contribution in [0.2, 0.25) is 0 Å². The van der Waals surface area contributed by atoms with Gasteiger partial charge in [-0.25, -0.2) is 0 Å². The lowest BCUT2D eigenvalue weighted by Gasteiger charge is -2.14. The second-order valence-electron chi connectivity index (χ2n) is 4.87. The van der Waals surface area contributed by atoms with Gasteiger partial charge in [-0.2, -0.15) is 5.10 Å². The van der Waals surface area contributed by atoms with Crippen LogP contribution in [0, 0.1) is 13.8 Å². The van der Waals surface area contributed by atoms with Gasteiger partial charge in [0.25, 0.3) is 5.91 Å². The SMILES string of the molecule is Cc1n[nH]c(C)c1C(=O)NC(C)Cc1ccccc1. The molecule has 1 heterocycles. The van der Waals surface area contributed by atoms with Gasteiger partial charge in [0, 0.05) is 11.7 Å². The van der Waals surface area contributed by atoms with E-state index in [2.05, 4.69) is 27.6 Å². The molecule has 0 bridgehead atoms. The largest absolute Gasteiger partial charge is 0.349 e. The minimum Gasteiger partial charge on any atom is -0.349 e. The van der Waals surface area contributed by atoms with E-state index in [4.69, 9.17) is 0 Å². The number of carbonyl (C=O) groups is 1. The van der Waals surface area contributed by atoms with Gasteiger partial charge in [0.05, 0.1) is 11.3 Å². The lowest BCUT2D eigenvalue weighted by atomic mass is 10.1. The summed E-state index contributed by atoms with van der Waals surface area (Å²) < 4.78 is 0. The molecule has 19 heavy (non-hydrogen) atoms. The number of carbonyl (C=O) groups excluding carboxylic acids is 1. The number of aryl methyl sites for hydroxylation is 2. The van der Waals surface area contributed by atoms with E-state index in [1.165, 1.54) is 5.56 Å². The Morgan fingerprint density at radius 2 is 2.00 bits per heavy atom. The van der Waals surface area contributed by atoms with Crippen molar-refractivity contribution in [1.82, 2.24) is 15.5 Å². The molecule has 0 aliphatic heterocycles. The van der Waals surface area contributed by atoms with E-state index in [-0.39, 0.29) is 11.9 Å². The van der Waals surface area contributed by atoms with Crippen molar-refractivity contribution in [3.05, 3.63) is 52.8 Å². The highest BCUT2D eigenvalue weighted by molar-refractivity contribution is 5.96. The summed E-state index contributed by atoms with van der Waals surface area (Å²) in [5.74, 6) is -0.0628. The molecule has 0 radical (unpaired) electrons. The number of rotatable bonds is 4. The normalized spacial score (nSPS) is 12.2. The van der Waals surface area contributed by atoms with Crippen molar-refractivity contribution < 1.29 is 4.79 Å². The zero-order valence-corrected chi connectivity index (χ0v) is 11.5. The number of aromatic amines is 1. The third-order valence-corrected chi connectivity index (χ3v) is 3.12. The molecule has 100 valence electrons. The van der Waals surface area contributed by atoms with Crippen molar-refractivity contribution >= 4 is 5.91 Å². The molecule has 1 atom stereocenters. The van der Waals surface area contributed by atoms with E-state index < -0.39 is 0 Å². The van der Waals surface area contributed by atoms with Crippen LogP contribution in [-0.2, 0) is 6.42 Å². The van der Waals surface area contributed by atoms with E-state index >= 15 is 0 Å². The summed E-state index contributed by atoms with van der Waals surface area (Å²) in [6.07, 6.45) is 0.822. The van der Waals surface area contributed by atoms with E-state index in [0.717, 1.165) is 17.8 Å². The van der Waals surface area contributed by atoms with Gasteiger partial charge in [0.1, 0.15) is 0 Å². The second-order valence-corrected chi connectivity index (χ2v) is 4.87. The topological polar surface area (TPSA) is 57.8 Å². The van der Waals surface area contributed by atoms with Gasteiger partial charge in [0.15, 0.2) is 0 Å². The first-order chi connectivity index (χ1) is 9.08. The number of nitrogens with one attached hydrogen (secondary N) is 2. The molecule has 1 unspecified atom stereocenters. The molecular formula is C15H19N3O. The molecule has 1 aromatic carbocycles. The van der Waals surface area contributed by atoms with Crippen LogP contribution in [0.25, 0.3) is 0 Å². The highest BCUT2D eigenvalue weighted by Gasteiger charge is 2.17. The first-order valence-corrected chi connectivity index (χ1v) is 6.44. The number of H-pyrrole nitrogens is 1. The Morgan fingerprint density at radius 3 is 2.58 bits per heavy atom. The number of amides is 1. The fraction of sp³-hybridized carbons (Fsp3) is 0.333. The summed E-state index contributed by atoms with van der Waals surface area (Å²) in [7, 11) is 0. The van der Waals surface area contributed by atoms with Crippen molar-refractivity contribution in [2.75, 3.05) is 0 Å². The second kappa shape index (κ2) is 5.69. The van der Waals surface area contributed by atoms with Crippen molar-refractivity contribution in [3.8, 4) is 0 Å². The molecular weight excluding hydrogens is 238 g/mol.